The topological polar surface area (TPSA) is 87.7 Å². The number of amides is 4. The third-order valence-corrected chi connectivity index (χ3v) is 6.73. The Kier molecular flexibility index (Phi) is 7.36. The number of anilines is 1. The molecule has 1 heterocycles. The van der Waals surface area contributed by atoms with Crippen molar-refractivity contribution < 1.29 is 23.5 Å². The lowest BCUT2D eigenvalue weighted by atomic mass is 10.1. The fraction of sp³-hybridized carbons (Fsp3) is 0.0690. The van der Waals surface area contributed by atoms with E-state index in [2.05, 4.69) is 57.5 Å². The van der Waals surface area contributed by atoms with Gasteiger partial charge in [0.1, 0.15) is 30.4 Å². The van der Waals surface area contributed by atoms with Gasteiger partial charge in [0, 0.05) is 0 Å². The number of ether oxygens (including phenoxy) is 1. The lowest BCUT2D eigenvalue weighted by Crippen LogP contribution is -2.38. The fourth-order valence-corrected chi connectivity index (χ4v) is 4.69. The van der Waals surface area contributed by atoms with Crippen LogP contribution in [-0.2, 0) is 16.2 Å². The molecule has 4 aromatic rings. The SMILES string of the molecule is O=C(CN1C(=O)N/C(=C/c2ccc(OCc3ccc4ccccc4c3)c(I)c2)C1=O)Nc1ccccc1F. The normalized spacial score (nSPS) is 14.2. The van der Waals surface area contributed by atoms with Crippen LogP contribution in [0.1, 0.15) is 11.1 Å². The van der Waals surface area contributed by atoms with Gasteiger partial charge in [0.25, 0.3) is 5.91 Å². The van der Waals surface area contributed by atoms with Crippen LogP contribution in [0.3, 0.4) is 0 Å². The number of urea groups is 1. The standard InChI is InChI=1S/C29H21FIN3O4/c30-22-7-3-4-8-24(22)32-27(35)16-34-28(36)25(33-29(34)37)15-18-10-12-26(23(31)14-18)38-17-19-9-11-20-5-1-2-6-21(20)13-19/h1-15H,16-17H2,(H,32,35)(H,33,37)/b25-15+. The summed E-state index contributed by atoms with van der Waals surface area (Å²) in [7, 11) is 0. The van der Waals surface area contributed by atoms with E-state index in [1.165, 1.54) is 29.7 Å². The maximum atomic E-state index is 13.8. The van der Waals surface area contributed by atoms with Gasteiger partial charge >= 0.3 is 6.03 Å². The zero-order chi connectivity index (χ0) is 26.6. The predicted octanol–water partition coefficient (Wildman–Crippen LogP) is 5.69. The third-order valence-electron chi connectivity index (χ3n) is 5.89. The fourth-order valence-electron chi connectivity index (χ4n) is 3.99. The van der Waals surface area contributed by atoms with Crippen molar-refractivity contribution in [3.63, 3.8) is 0 Å². The molecule has 0 saturated carbocycles. The summed E-state index contributed by atoms with van der Waals surface area (Å²) >= 11 is 2.15. The largest absolute Gasteiger partial charge is 0.488 e. The van der Waals surface area contributed by atoms with Gasteiger partial charge in [0.2, 0.25) is 5.91 Å². The van der Waals surface area contributed by atoms with Crippen molar-refractivity contribution in [2.45, 2.75) is 6.61 Å². The smallest absolute Gasteiger partial charge is 0.329 e. The molecule has 1 saturated heterocycles. The number of halogens is 2. The zero-order valence-electron chi connectivity index (χ0n) is 19.9. The van der Waals surface area contributed by atoms with Crippen molar-refractivity contribution in [1.29, 1.82) is 0 Å². The molecule has 7 nitrogen and oxygen atoms in total. The lowest BCUT2D eigenvalue weighted by Gasteiger charge is -2.12. The van der Waals surface area contributed by atoms with E-state index in [4.69, 9.17) is 4.74 Å². The van der Waals surface area contributed by atoms with Crippen molar-refractivity contribution in [2.24, 2.45) is 0 Å². The van der Waals surface area contributed by atoms with Gasteiger partial charge < -0.3 is 15.4 Å². The molecule has 2 N–H and O–H groups in total. The van der Waals surface area contributed by atoms with Crippen LogP contribution < -0.4 is 15.4 Å². The number of benzene rings is 4. The van der Waals surface area contributed by atoms with Crippen LogP contribution in [0, 0.1) is 9.39 Å². The molecule has 5 rings (SSSR count). The summed E-state index contributed by atoms with van der Waals surface area (Å²) in [6.45, 7) is -0.144. The first-order valence-electron chi connectivity index (χ1n) is 11.7. The second-order valence-corrected chi connectivity index (χ2v) is 9.73. The molecule has 0 unspecified atom stereocenters. The van der Waals surface area contributed by atoms with Crippen LogP contribution in [-0.4, -0.2) is 29.3 Å². The summed E-state index contributed by atoms with van der Waals surface area (Å²) in [5, 5.41) is 7.17. The zero-order valence-corrected chi connectivity index (χ0v) is 22.1. The predicted molar refractivity (Wildman–Crippen MR) is 151 cm³/mol. The summed E-state index contributed by atoms with van der Waals surface area (Å²) in [6.07, 6.45) is 1.53. The van der Waals surface area contributed by atoms with Crippen molar-refractivity contribution >= 4 is 63.0 Å². The van der Waals surface area contributed by atoms with Crippen LogP contribution in [0.5, 0.6) is 5.75 Å². The van der Waals surface area contributed by atoms with Gasteiger partial charge in [-0.25, -0.2) is 14.1 Å². The average molecular weight is 621 g/mol. The maximum Gasteiger partial charge on any atom is 0.329 e. The minimum absolute atomic E-state index is 0.0298. The highest BCUT2D eigenvalue weighted by molar-refractivity contribution is 14.1. The van der Waals surface area contributed by atoms with E-state index in [9.17, 15) is 18.8 Å². The van der Waals surface area contributed by atoms with Gasteiger partial charge in [-0.1, -0.05) is 54.6 Å². The summed E-state index contributed by atoms with van der Waals surface area (Å²) in [6, 6.07) is 24.6. The van der Waals surface area contributed by atoms with E-state index in [0.717, 1.165) is 19.4 Å². The highest BCUT2D eigenvalue weighted by Crippen LogP contribution is 2.26. The Bertz CT molecular complexity index is 1600. The summed E-state index contributed by atoms with van der Waals surface area (Å²) in [5.74, 6) is -1.26. The molecule has 1 fully saturated rings. The number of carbonyl (C=O) groups excluding carboxylic acids is 3. The van der Waals surface area contributed by atoms with Gasteiger partial charge in [-0.05, 0) is 80.9 Å². The minimum Gasteiger partial charge on any atom is -0.488 e. The number of nitrogens with zero attached hydrogens (tertiary/aromatic N) is 1. The van der Waals surface area contributed by atoms with Gasteiger partial charge in [-0.15, -0.1) is 0 Å². The summed E-state index contributed by atoms with van der Waals surface area (Å²) < 4.78 is 20.6. The molecule has 1 aliphatic heterocycles. The highest BCUT2D eigenvalue weighted by atomic mass is 127. The van der Waals surface area contributed by atoms with Gasteiger partial charge in [-0.2, -0.15) is 0 Å². The van der Waals surface area contributed by atoms with Gasteiger partial charge in [0.05, 0.1) is 9.26 Å². The minimum atomic E-state index is -0.727. The van der Waals surface area contributed by atoms with Crippen LogP contribution in [0.15, 0.2) is 90.6 Å². The van der Waals surface area contributed by atoms with Crippen molar-refractivity contribution in [1.82, 2.24) is 10.2 Å². The van der Waals surface area contributed by atoms with E-state index in [0.29, 0.717) is 17.9 Å². The third kappa shape index (κ3) is 5.67. The molecule has 0 bridgehead atoms. The van der Waals surface area contributed by atoms with Crippen LogP contribution in [0.4, 0.5) is 14.9 Å². The van der Waals surface area contributed by atoms with Crippen LogP contribution >= 0.6 is 22.6 Å². The second kappa shape index (κ2) is 11.0. The van der Waals surface area contributed by atoms with Gasteiger partial charge in [0.15, 0.2) is 0 Å². The maximum absolute atomic E-state index is 13.8. The summed E-state index contributed by atoms with van der Waals surface area (Å²) in [5.41, 5.74) is 1.73. The first kappa shape index (κ1) is 25.4. The number of nitrogens with one attached hydrogen (secondary N) is 2. The Balaban J connectivity index is 1.23. The number of imide groups is 1. The molecule has 1 aliphatic rings. The van der Waals surface area contributed by atoms with Gasteiger partial charge in [-0.3, -0.25) is 9.59 Å². The van der Waals surface area contributed by atoms with Crippen LogP contribution in [0.25, 0.3) is 16.8 Å². The molecule has 0 atom stereocenters. The van der Waals surface area contributed by atoms with Crippen LogP contribution in [0.2, 0.25) is 0 Å². The number of hydrogen-bond donors (Lipinski definition) is 2. The average Bonchev–Trinajstić information content (AvgIpc) is 3.16. The highest BCUT2D eigenvalue weighted by Gasteiger charge is 2.35. The number of para-hydroxylation sites is 1. The Morgan fingerprint density at radius 2 is 1.74 bits per heavy atom. The van der Waals surface area contributed by atoms with Crippen molar-refractivity contribution in [3.05, 3.63) is 111 Å². The molecule has 9 heteroatoms. The molecular weight excluding hydrogens is 600 g/mol. The monoisotopic (exact) mass is 621 g/mol. The number of hydrogen-bond acceptors (Lipinski definition) is 4. The molecule has 4 amide bonds. The van der Waals surface area contributed by atoms with Crippen molar-refractivity contribution in [3.8, 4) is 5.75 Å². The molecule has 0 radical (unpaired) electrons. The van der Waals surface area contributed by atoms with E-state index >= 15 is 0 Å². The molecular formula is C29H21FIN3O4. The Hall–Kier alpha value is -4.25. The Morgan fingerprint density at radius 1 is 0.974 bits per heavy atom. The molecule has 38 heavy (non-hydrogen) atoms. The number of rotatable bonds is 7. The first-order valence-corrected chi connectivity index (χ1v) is 12.7. The molecule has 190 valence electrons. The molecule has 0 spiro atoms. The van der Waals surface area contributed by atoms with E-state index < -0.39 is 30.2 Å². The number of carbonyl (C=O) groups is 3. The molecule has 4 aromatic carbocycles. The quantitative estimate of drug-likeness (QED) is 0.158. The molecule has 0 aromatic heterocycles. The summed E-state index contributed by atoms with van der Waals surface area (Å²) in [4.78, 5) is 38.2. The second-order valence-electron chi connectivity index (χ2n) is 8.57. The lowest BCUT2D eigenvalue weighted by molar-refractivity contribution is -0.127. The van der Waals surface area contributed by atoms with E-state index in [-0.39, 0.29) is 11.4 Å². The number of fused-ring (bicyclic) bond motifs is 1. The first-order chi connectivity index (χ1) is 18.4. The van der Waals surface area contributed by atoms with E-state index in [1.54, 1.807) is 18.2 Å². The van der Waals surface area contributed by atoms with E-state index in [1.807, 2.05) is 24.3 Å². The van der Waals surface area contributed by atoms with Crippen molar-refractivity contribution in [2.75, 3.05) is 11.9 Å². The Morgan fingerprint density at radius 3 is 2.53 bits per heavy atom. The molecule has 0 aliphatic carbocycles. The Labute approximate surface area is 231 Å².